The van der Waals surface area contributed by atoms with Crippen molar-refractivity contribution in [3.05, 3.63) is 99.0 Å². The number of rotatable bonds is 4. The van der Waals surface area contributed by atoms with Crippen LogP contribution in [0, 0.1) is 27.7 Å². The van der Waals surface area contributed by atoms with Gasteiger partial charge in [0, 0.05) is 28.5 Å². The molecule has 4 rings (SSSR count). The number of halogens is 3. The molecule has 37 heavy (non-hydrogen) atoms. The van der Waals surface area contributed by atoms with Crippen molar-refractivity contribution in [2.75, 3.05) is 12.0 Å². The van der Waals surface area contributed by atoms with E-state index in [0.717, 1.165) is 45.2 Å². The first kappa shape index (κ1) is 26.0. The average Bonchev–Trinajstić information content (AvgIpc) is 3.24. The number of esters is 1. The first-order valence-corrected chi connectivity index (χ1v) is 11.6. The lowest BCUT2D eigenvalue weighted by molar-refractivity contribution is -0.137. The molecule has 1 aliphatic rings. The number of anilines is 1. The standard InChI is InChI=1S/C29H27F3N2O3/c1-16-10-11-25(17(2)12-16)33-18(3)13-21(19(33)4)14-24-26(28(36)37-6)20(5)34(27(24)35)23-9-7-8-22(15-23)29(30,31)32/h7-15H,1-6H3/b24-14-. The topological polar surface area (TPSA) is 51.5 Å². The highest BCUT2D eigenvalue weighted by Crippen LogP contribution is 2.38. The molecule has 0 radical (unpaired) electrons. The summed E-state index contributed by atoms with van der Waals surface area (Å²) >= 11 is 0. The van der Waals surface area contributed by atoms with E-state index in [1.54, 1.807) is 6.08 Å². The third-order valence-electron chi connectivity index (χ3n) is 6.58. The number of amides is 1. The molecule has 8 heteroatoms. The Labute approximate surface area is 213 Å². The zero-order valence-electron chi connectivity index (χ0n) is 21.4. The van der Waals surface area contributed by atoms with Crippen LogP contribution in [0.3, 0.4) is 0 Å². The zero-order chi connectivity index (χ0) is 27.2. The molecule has 5 nitrogen and oxygen atoms in total. The van der Waals surface area contributed by atoms with Gasteiger partial charge >= 0.3 is 12.1 Å². The minimum Gasteiger partial charge on any atom is -0.465 e. The number of carbonyl (C=O) groups excluding carboxylic acids is 2. The molecule has 0 atom stereocenters. The van der Waals surface area contributed by atoms with Gasteiger partial charge in [-0.3, -0.25) is 9.69 Å². The average molecular weight is 509 g/mol. The molecule has 1 aromatic heterocycles. The number of nitrogens with zero attached hydrogens (tertiary/aromatic N) is 2. The number of aryl methyl sites for hydroxylation is 3. The fourth-order valence-corrected chi connectivity index (χ4v) is 4.83. The molecular formula is C29H27F3N2O3. The minimum absolute atomic E-state index is 0.0150. The molecule has 1 amide bonds. The van der Waals surface area contributed by atoms with E-state index in [9.17, 15) is 22.8 Å². The van der Waals surface area contributed by atoms with Crippen molar-refractivity contribution in [3.63, 3.8) is 0 Å². The maximum Gasteiger partial charge on any atom is 0.416 e. The summed E-state index contributed by atoms with van der Waals surface area (Å²) < 4.78 is 47.0. The van der Waals surface area contributed by atoms with E-state index < -0.39 is 23.6 Å². The SMILES string of the molecule is COC(=O)C1=C(C)N(c2cccc(C(F)(F)F)c2)C(=O)/C1=C\c1cc(C)n(-c2ccc(C)cc2C)c1C. The van der Waals surface area contributed by atoms with Crippen molar-refractivity contribution in [1.29, 1.82) is 0 Å². The number of hydrogen-bond acceptors (Lipinski definition) is 3. The van der Waals surface area contributed by atoms with Crippen molar-refractivity contribution in [1.82, 2.24) is 4.57 Å². The van der Waals surface area contributed by atoms with Gasteiger partial charge in [0.15, 0.2) is 0 Å². The van der Waals surface area contributed by atoms with Crippen molar-refractivity contribution >= 4 is 23.6 Å². The molecule has 0 bridgehead atoms. The van der Waals surface area contributed by atoms with Gasteiger partial charge in [0.25, 0.3) is 5.91 Å². The summed E-state index contributed by atoms with van der Waals surface area (Å²) in [5.41, 5.74) is 5.10. The second-order valence-corrected chi connectivity index (χ2v) is 9.15. The predicted octanol–water partition coefficient (Wildman–Crippen LogP) is 6.61. The van der Waals surface area contributed by atoms with E-state index in [2.05, 4.69) is 10.6 Å². The largest absolute Gasteiger partial charge is 0.465 e. The fourth-order valence-electron chi connectivity index (χ4n) is 4.83. The molecule has 0 unspecified atom stereocenters. The number of hydrogen-bond donors (Lipinski definition) is 0. The summed E-state index contributed by atoms with van der Waals surface area (Å²) in [6.45, 7) is 9.42. The van der Waals surface area contributed by atoms with Crippen molar-refractivity contribution in [2.45, 2.75) is 40.8 Å². The maximum absolute atomic E-state index is 13.6. The monoisotopic (exact) mass is 508 g/mol. The Balaban J connectivity index is 1.86. The fraction of sp³-hybridized carbons (Fsp3) is 0.241. The van der Waals surface area contributed by atoms with Gasteiger partial charge in [-0.2, -0.15) is 13.2 Å². The van der Waals surface area contributed by atoms with Crippen LogP contribution in [-0.4, -0.2) is 23.6 Å². The van der Waals surface area contributed by atoms with Crippen molar-refractivity contribution in [2.24, 2.45) is 0 Å². The first-order valence-electron chi connectivity index (χ1n) is 11.6. The number of ether oxygens (including phenoxy) is 1. The summed E-state index contributed by atoms with van der Waals surface area (Å²) in [4.78, 5) is 27.5. The summed E-state index contributed by atoms with van der Waals surface area (Å²) in [5, 5.41) is 0. The van der Waals surface area contributed by atoms with Crippen LogP contribution in [-0.2, 0) is 20.5 Å². The molecule has 0 aliphatic carbocycles. The Morgan fingerprint density at radius 1 is 0.973 bits per heavy atom. The lowest BCUT2D eigenvalue weighted by Crippen LogP contribution is -2.25. The Morgan fingerprint density at radius 3 is 2.30 bits per heavy atom. The molecule has 0 spiro atoms. The minimum atomic E-state index is -4.58. The van der Waals surface area contributed by atoms with Crippen LogP contribution in [0.1, 0.15) is 40.6 Å². The third-order valence-corrected chi connectivity index (χ3v) is 6.58. The molecule has 0 saturated heterocycles. The molecule has 2 aromatic carbocycles. The quantitative estimate of drug-likeness (QED) is 0.295. The van der Waals surface area contributed by atoms with Gasteiger partial charge in [-0.25, -0.2) is 4.79 Å². The molecule has 0 fully saturated rings. The van der Waals surface area contributed by atoms with Crippen LogP contribution in [0.25, 0.3) is 11.8 Å². The van der Waals surface area contributed by atoms with Crippen LogP contribution < -0.4 is 4.90 Å². The number of aromatic nitrogens is 1. The Bertz CT molecular complexity index is 1490. The highest BCUT2D eigenvalue weighted by molar-refractivity contribution is 6.23. The van der Waals surface area contributed by atoms with E-state index in [-0.39, 0.29) is 22.5 Å². The molecule has 2 heterocycles. The van der Waals surface area contributed by atoms with E-state index >= 15 is 0 Å². The summed E-state index contributed by atoms with van der Waals surface area (Å²) in [6, 6.07) is 12.5. The molecule has 0 N–H and O–H groups in total. The highest BCUT2D eigenvalue weighted by Gasteiger charge is 2.39. The Morgan fingerprint density at radius 2 is 1.68 bits per heavy atom. The molecule has 1 aliphatic heterocycles. The van der Waals surface area contributed by atoms with Gasteiger partial charge in [-0.1, -0.05) is 23.8 Å². The summed E-state index contributed by atoms with van der Waals surface area (Å²) in [5.74, 6) is -1.34. The highest BCUT2D eigenvalue weighted by atomic mass is 19.4. The van der Waals surface area contributed by atoms with E-state index in [0.29, 0.717) is 5.56 Å². The number of methoxy groups -OCH3 is 1. The second kappa shape index (κ2) is 9.42. The molecule has 192 valence electrons. The van der Waals surface area contributed by atoms with E-state index in [1.807, 2.05) is 45.9 Å². The van der Waals surface area contributed by atoms with Crippen LogP contribution in [0.5, 0.6) is 0 Å². The number of carbonyl (C=O) groups is 2. The van der Waals surface area contributed by atoms with E-state index in [4.69, 9.17) is 4.74 Å². The van der Waals surface area contributed by atoms with Crippen molar-refractivity contribution in [3.8, 4) is 5.69 Å². The van der Waals surface area contributed by atoms with Gasteiger partial charge in [-0.15, -0.1) is 0 Å². The maximum atomic E-state index is 13.6. The Hall–Kier alpha value is -4.07. The number of benzene rings is 2. The normalized spacial score (nSPS) is 15.2. The number of allylic oxidation sites excluding steroid dienone is 1. The zero-order valence-corrected chi connectivity index (χ0v) is 21.4. The van der Waals surface area contributed by atoms with Gasteiger partial charge < -0.3 is 9.30 Å². The van der Waals surface area contributed by atoms with Gasteiger partial charge in [0.05, 0.1) is 23.8 Å². The lowest BCUT2D eigenvalue weighted by Gasteiger charge is -2.19. The van der Waals surface area contributed by atoms with Crippen LogP contribution >= 0.6 is 0 Å². The molecule has 0 saturated carbocycles. The van der Waals surface area contributed by atoms with Crippen LogP contribution in [0.15, 0.2) is 65.4 Å². The summed E-state index contributed by atoms with van der Waals surface area (Å²) in [7, 11) is 1.20. The van der Waals surface area contributed by atoms with E-state index in [1.165, 1.54) is 26.2 Å². The smallest absolute Gasteiger partial charge is 0.416 e. The predicted molar refractivity (Wildman–Crippen MR) is 136 cm³/mol. The van der Waals surface area contributed by atoms with Crippen LogP contribution in [0.4, 0.5) is 18.9 Å². The summed E-state index contributed by atoms with van der Waals surface area (Å²) in [6.07, 6.45) is -2.97. The first-order chi connectivity index (χ1) is 17.3. The number of alkyl halides is 3. The molecular weight excluding hydrogens is 481 g/mol. The van der Waals surface area contributed by atoms with Crippen molar-refractivity contribution < 1.29 is 27.5 Å². The van der Waals surface area contributed by atoms with Gasteiger partial charge in [-0.05, 0) is 82.2 Å². The van der Waals surface area contributed by atoms with Crippen LogP contribution in [0.2, 0.25) is 0 Å². The van der Waals surface area contributed by atoms with Gasteiger partial charge in [0.2, 0.25) is 0 Å². The Kier molecular flexibility index (Phi) is 6.62. The lowest BCUT2D eigenvalue weighted by atomic mass is 10.0. The van der Waals surface area contributed by atoms with Gasteiger partial charge in [0.1, 0.15) is 0 Å². The molecule has 3 aromatic rings. The second-order valence-electron chi connectivity index (χ2n) is 9.15. The third kappa shape index (κ3) is 4.59.